The average molecular weight is 267 g/mol. The summed E-state index contributed by atoms with van der Waals surface area (Å²) in [6.45, 7) is 4.01. The molecule has 2 N–H and O–H groups in total. The van der Waals surface area contributed by atoms with Gasteiger partial charge in [0.1, 0.15) is 22.9 Å². The van der Waals surface area contributed by atoms with Crippen molar-refractivity contribution in [3.63, 3.8) is 0 Å². The second kappa shape index (κ2) is 5.18. The molecule has 7 heteroatoms. The van der Waals surface area contributed by atoms with E-state index in [-0.39, 0.29) is 5.56 Å². The van der Waals surface area contributed by atoms with E-state index in [4.69, 9.17) is 9.52 Å². The molecule has 0 spiro atoms. The molecule has 2 aromatic rings. The minimum atomic E-state index is -0.980. The van der Waals surface area contributed by atoms with Crippen molar-refractivity contribution in [3.8, 4) is 0 Å². The van der Waals surface area contributed by atoms with Crippen molar-refractivity contribution in [1.82, 2.24) is 9.36 Å². The van der Waals surface area contributed by atoms with Gasteiger partial charge in [-0.15, -0.1) is 0 Å². The maximum absolute atomic E-state index is 10.9. The Balaban J connectivity index is 2.01. The van der Waals surface area contributed by atoms with Gasteiger partial charge in [0, 0.05) is 18.0 Å². The van der Waals surface area contributed by atoms with Crippen molar-refractivity contribution in [3.05, 3.63) is 29.0 Å². The summed E-state index contributed by atoms with van der Waals surface area (Å²) in [6, 6.07) is 1.52. The molecule has 0 aliphatic rings. The number of rotatable bonds is 5. The molecule has 0 aliphatic heterocycles. The van der Waals surface area contributed by atoms with Gasteiger partial charge in [0.2, 0.25) is 5.13 Å². The number of nitrogens with zero attached hydrogens (tertiary/aromatic N) is 2. The van der Waals surface area contributed by atoms with Gasteiger partial charge in [0.25, 0.3) is 0 Å². The van der Waals surface area contributed by atoms with E-state index in [1.54, 1.807) is 6.92 Å². The number of anilines is 1. The molecule has 0 aromatic carbocycles. The molecule has 0 radical (unpaired) electrons. The van der Waals surface area contributed by atoms with Crippen LogP contribution in [0.3, 0.4) is 0 Å². The normalized spacial score (nSPS) is 10.6. The van der Waals surface area contributed by atoms with Gasteiger partial charge in [-0.3, -0.25) is 0 Å². The van der Waals surface area contributed by atoms with Crippen LogP contribution in [0.1, 0.15) is 34.6 Å². The van der Waals surface area contributed by atoms with Gasteiger partial charge in [0.15, 0.2) is 0 Å². The van der Waals surface area contributed by atoms with E-state index in [1.165, 1.54) is 17.6 Å². The van der Waals surface area contributed by atoms with Crippen molar-refractivity contribution in [2.75, 3.05) is 5.32 Å². The van der Waals surface area contributed by atoms with Crippen molar-refractivity contribution in [2.24, 2.45) is 0 Å². The van der Waals surface area contributed by atoms with Crippen LogP contribution in [-0.2, 0) is 13.0 Å². The Morgan fingerprint density at radius 2 is 2.39 bits per heavy atom. The van der Waals surface area contributed by atoms with E-state index in [0.29, 0.717) is 23.2 Å². The second-order valence-electron chi connectivity index (χ2n) is 3.71. The minimum absolute atomic E-state index is 0.193. The van der Waals surface area contributed by atoms with Crippen LogP contribution < -0.4 is 5.32 Å². The SMILES string of the molecule is CCc1nsc(NCc2cc(C(=O)O)c(C)o2)n1. The summed E-state index contributed by atoms with van der Waals surface area (Å²) in [4.78, 5) is 15.1. The molecule has 2 heterocycles. The molecule has 0 atom stereocenters. The molecule has 2 aromatic heterocycles. The summed E-state index contributed by atoms with van der Waals surface area (Å²) in [5, 5.41) is 12.7. The highest BCUT2D eigenvalue weighted by Gasteiger charge is 2.13. The van der Waals surface area contributed by atoms with Crippen molar-refractivity contribution >= 4 is 22.6 Å². The number of furan rings is 1. The molecule has 0 bridgehead atoms. The third-order valence-corrected chi connectivity index (χ3v) is 3.11. The molecule has 0 fully saturated rings. The van der Waals surface area contributed by atoms with Crippen LogP contribution in [0.15, 0.2) is 10.5 Å². The van der Waals surface area contributed by atoms with Crippen molar-refractivity contribution in [1.29, 1.82) is 0 Å². The molecule has 0 unspecified atom stereocenters. The lowest BCUT2D eigenvalue weighted by atomic mass is 10.2. The molecule has 0 saturated heterocycles. The van der Waals surface area contributed by atoms with Crippen LogP contribution in [0, 0.1) is 6.92 Å². The maximum Gasteiger partial charge on any atom is 0.339 e. The number of aromatic carboxylic acids is 1. The molecule has 6 nitrogen and oxygen atoms in total. The highest BCUT2D eigenvalue weighted by molar-refractivity contribution is 7.09. The molecule has 0 aliphatic carbocycles. The Kier molecular flexibility index (Phi) is 3.61. The highest BCUT2D eigenvalue weighted by atomic mass is 32.1. The third-order valence-electron chi connectivity index (χ3n) is 2.40. The predicted octanol–water partition coefficient (Wildman–Crippen LogP) is 2.31. The minimum Gasteiger partial charge on any atom is -0.478 e. The van der Waals surface area contributed by atoms with E-state index in [2.05, 4.69) is 14.7 Å². The lowest BCUT2D eigenvalue weighted by Crippen LogP contribution is -1.98. The number of carboxylic acid groups (broad SMARTS) is 1. The van der Waals surface area contributed by atoms with Crippen LogP contribution in [0.2, 0.25) is 0 Å². The number of aryl methyl sites for hydroxylation is 2. The summed E-state index contributed by atoms with van der Waals surface area (Å²) in [5.41, 5.74) is 0.193. The number of aromatic nitrogens is 2. The maximum atomic E-state index is 10.9. The first-order valence-electron chi connectivity index (χ1n) is 5.49. The van der Waals surface area contributed by atoms with Crippen LogP contribution in [0.4, 0.5) is 5.13 Å². The molecule has 18 heavy (non-hydrogen) atoms. The van der Waals surface area contributed by atoms with Gasteiger partial charge >= 0.3 is 5.97 Å². The van der Waals surface area contributed by atoms with E-state index in [9.17, 15) is 4.79 Å². The zero-order valence-electron chi connectivity index (χ0n) is 10.1. The summed E-state index contributed by atoms with van der Waals surface area (Å²) >= 11 is 1.28. The van der Waals surface area contributed by atoms with Crippen LogP contribution in [-0.4, -0.2) is 20.4 Å². The average Bonchev–Trinajstić information content (AvgIpc) is 2.92. The van der Waals surface area contributed by atoms with Gasteiger partial charge in [-0.05, 0) is 13.0 Å². The monoisotopic (exact) mass is 267 g/mol. The van der Waals surface area contributed by atoms with E-state index in [1.807, 2.05) is 6.92 Å². The second-order valence-corrected chi connectivity index (χ2v) is 4.46. The third kappa shape index (κ3) is 2.67. The summed E-state index contributed by atoms with van der Waals surface area (Å²) < 4.78 is 9.49. The molecular formula is C11H13N3O3S. The lowest BCUT2D eigenvalue weighted by molar-refractivity contribution is 0.0695. The lowest BCUT2D eigenvalue weighted by Gasteiger charge is -1.97. The van der Waals surface area contributed by atoms with Crippen LogP contribution >= 0.6 is 11.5 Å². The Hall–Kier alpha value is -1.89. The molecule has 0 amide bonds. The van der Waals surface area contributed by atoms with E-state index in [0.717, 1.165) is 12.2 Å². The zero-order valence-corrected chi connectivity index (χ0v) is 10.9. The Labute approximate surface area is 108 Å². The van der Waals surface area contributed by atoms with E-state index < -0.39 is 5.97 Å². The van der Waals surface area contributed by atoms with Crippen LogP contribution in [0.5, 0.6) is 0 Å². The van der Waals surface area contributed by atoms with Gasteiger partial charge in [-0.2, -0.15) is 4.37 Å². The standard InChI is InChI=1S/C11H13N3O3S/c1-3-9-13-11(18-14-9)12-5-7-4-8(10(15)16)6(2)17-7/h4H,3,5H2,1-2H3,(H,15,16)(H,12,13,14). The number of nitrogens with one attached hydrogen (secondary N) is 1. The fraction of sp³-hybridized carbons (Fsp3) is 0.364. The zero-order chi connectivity index (χ0) is 13.1. The quantitative estimate of drug-likeness (QED) is 0.864. The summed E-state index contributed by atoms with van der Waals surface area (Å²) in [6.07, 6.45) is 0.793. The first kappa shape index (κ1) is 12.6. The van der Waals surface area contributed by atoms with Crippen molar-refractivity contribution in [2.45, 2.75) is 26.8 Å². The van der Waals surface area contributed by atoms with Crippen molar-refractivity contribution < 1.29 is 14.3 Å². The summed E-state index contributed by atoms with van der Waals surface area (Å²) in [5.74, 6) is 0.792. The fourth-order valence-electron chi connectivity index (χ4n) is 1.48. The largest absolute Gasteiger partial charge is 0.478 e. The smallest absolute Gasteiger partial charge is 0.339 e. The highest BCUT2D eigenvalue weighted by Crippen LogP contribution is 2.17. The Morgan fingerprint density at radius 3 is 2.94 bits per heavy atom. The molecule has 96 valence electrons. The number of hydrogen-bond donors (Lipinski definition) is 2. The van der Waals surface area contributed by atoms with Gasteiger partial charge < -0.3 is 14.8 Å². The Morgan fingerprint density at radius 1 is 1.61 bits per heavy atom. The predicted molar refractivity (Wildman–Crippen MR) is 67.0 cm³/mol. The number of hydrogen-bond acceptors (Lipinski definition) is 6. The van der Waals surface area contributed by atoms with E-state index >= 15 is 0 Å². The fourth-order valence-corrected chi connectivity index (χ4v) is 2.12. The summed E-state index contributed by atoms with van der Waals surface area (Å²) in [7, 11) is 0. The van der Waals surface area contributed by atoms with Crippen LogP contribution in [0.25, 0.3) is 0 Å². The van der Waals surface area contributed by atoms with Gasteiger partial charge in [0.05, 0.1) is 6.54 Å². The van der Waals surface area contributed by atoms with Gasteiger partial charge in [-0.1, -0.05) is 6.92 Å². The van der Waals surface area contributed by atoms with Gasteiger partial charge in [-0.25, -0.2) is 9.78 Å². The first-order valence-corrected chi connectivity index (χ1v) is 6.26. The molecule has 2 rings (SSSR count). The first-order chi connectivity index (χ1) is 8.60. The topological polar surface area (TPSA) is 88.2 Å². The Bertz CT molecular complexity index is 562. The molecule has 0 saturated carbocycles. The molecular weight excluding hydrogens is 254 g/mol. The number of carboxylic acids is 1. The number of carbonyl (C=O) groups is 1.